The number of hydrogen-bond acceptors (Lipinski definition) is 10. The van der Waals surface area contributed by atoms with Crippen molar-refractivity contribution in [3.8, 4) is 0 Å². The van der Waals surface area contributed by atoms with E-state index in [1.807, 2.05) is 0 Å². The number of carbonyl (C=O) groups excluding carboxylic acids is 1. The number of aliphatic hydroxyl groups excluding tert-OH is 3. The average molecular weight is 668 g/mol. The van der Waals surface area contributed by atoms with Gasteiger partial charge < -0.3 is 29.7 Å². The second kappa shape index (κ2) is 23.6. The fourth-order valence-electron chi connectivity index (χ4n) is 6.29. The summed E-state index contributed by atoms with van der Waals surface area (Å²) in [4.78, 5) is 22.3. The van der Waals surface area contributed by atoms with Crippen LogP contribution in [0.1, 0.15) is 142 Å². The molecule has 1 saturated carbocycles. The molecule has 0 aromatic rings. The molecule has 1 heterocycles. The quantitative estimate of drug-likeness (QED) is 0.0306. The second-order valence-corrected chi connectivity index (χ2v) is 14.2. The van der Waals surface area contributed by atoms with Crippen LogP contribution >= 0.6 is 7.82 Å². The first-order valence-electron chi connectivity index (χ1n) is 17.6. The van der Waals surface area contributed by atoms with E-state index in [1.165, 1.54) is 82.5 Å². The van der Waals surface area contributed by atoms with Crippen LogP contribution in [-0.2, 0) is 27.9 Å². The molecule has 266 valence electrons. The maximum absolute atomic E-state index is 12.8. The zero-order valence-electron chi connectivity index (χ0n) is 27.4. The highest BCUT2D eigenvalue weighted by atomic mass is 31.2. The van der Waals surface area contributed by atoms with E-state index in [9.17, 15) is 29.6 Å². The highest BCUT2D eigenvalue weighted by molar-refractivity contribution is 7.47. The normalized spacial score (nSPS) is 28.5. The summed E-state index contributed by atoms with van der Waals surface area (Å²) in [7, 11) is -4.37. The lowest BCUT2D eigenvalue weighted by Crippen LogP contribution is -2.58. The first kappa shape index (κ1) is 40.5. The van der Waals surface area contributed by atoms with Crippen molar-refractivity contribution in [3.63, 3.8) is 0 Å². The molecule has 0 aromatic heterocycles. The number of amides is 1. The second-order valence-electron chi connectivity index (χ2n) is 12.8. The Morgan fingerprint density at radius 3 is 1.84 bits per heavy atom. The molecule has 13 heteroatoms. The van der Waals surface area contributed by atoms with Crippen LogP contribution < -0.4 is 5.48 Å². The Bertz CT molecular complexity index is 822. The standard InChI is InChI=1S/C32H62NO11P/c1-2-3-4-5-6-7-8-9-10-11-12-13-14-15-16-19-22-41-45(39,40)44-27-21-18-17-20-26(27)42-32-25(23-29(35)33-38)30(36)31(37)28(24-34)43-32/h25-28,30-32,34,36-38H,2-24H2,1H3,(H,33,35)(H,39,40)/t25-,26-,27-,28-,30-,31-,32-/m1/s1. The summed E-state index contributed by atoms with van der Waals surface area (Å²) in [5, 5.41) is 39.4. The minimum Gasteiger partial charge on any atom is -0.394 e. The molecule has 12 nitrogen and oxygen atoms in total. The predicted molar refractivity (Wildman–Crippen MR) is 169 cm³/mol. The molecule has 0 spiro atoms. The predicted octanol–water partition coefficient (Wildman–Crippen LogP) is 5.66. The number of phosphoric acid groups is 1. The third kappa shape index (κ3) is 16.3. The molecule has 1 unspecified atom stereocenters. The van der Waals surface area contributed by atoms with Crippen LogP contribution in [0.25, 0.3) is 0 Å². The SMILES string of the molecule is CCCCCCCCCCCCCCCCCCOP(=O)(O)O[C@@H]1CCCC[C@H]1O[C@@H]1O[C@H](CO)[C@@H](O)[C@H](O)[C@H]1CC(=O)NO. The summed E-state index contributed by atoms with van der Waals surface area (Å²) in [5.41, 5.74) is 1.49. The Hall–Kier alpha value is -0.660. The summed E-state index contributed by atoms with van der Waals surface area (Å²) in [5.74, 6) is -1.88. The number of carbonyl (C=O) groups is 1. The molecule has 1 saturated heterocycles. The Balaban J connectivity index is 1.65. The van der Waals surface area contributed by atoms with Crippen molar-refractivity contribution in [1.29, 1.82) is 0 Å². The van der Waals surface area contributed by atoms with Crippen LogP contribution in [0, 0.1) is 5.92 Å². The molecule has 0 radical (unpaired) electrons. The Morgan fingerprint density at radius 1 is 0.822 bits per heavy atom. The van der Waals surface area contributed by atoms with Gasteiger partial charge in [-0.15, -0.1) is 0 Å². The van der Waals surface area contributed by atoms with Crippen LogP contribution in [0.2, 0.25) is 0 Å². The molecule has 1 aliphatic heterocycles. The Kier molecular flexibility index (Phi) is 21.3. The van der Waals surface area contributed by atoms with Gasteiger partial charge in [0.05, 0.1) is 31.5 Å². The summed E-state index contributed by atoms with van der Waals surface area (Å²) in [6.07, 6.45) is 14.9. The van der Waals surface area contributed by atoms with Gasteiger partial charge in [-0.1, -0.05) is 116 Å². The zero-order chi connectivity index (χ0) is 32.9. The molecule has 2 aliphatic rings. The third-order valence-electron chi connectivity index (χ3n) is 9.03. The fourth-order valence-corrected chi connectivity index (χ4v) is 7.30. The van der Waals surface area contributed by atoms with Gasteiger partial charge in [-0.05, 0) is 19.3 Å². The summed E-state index contributed by atoms with van der Waals surface area (Å²) >= 11 is 0. The molecule has 2 fully saturated rings. The maximum Gasteiger partial charge on any atom is 0.472 e. The number of hydroxylamine groups is 1. The highest BCUT2D eigenvalue weighted by Crippen LogP contribution is 2.47. The lowest BCUT2D eigenvalue weighted by atomic mass is 9.87. The van der Waals surface area contributed by atoms with Gasteiger partial charge in [0, 0.05) is 12.3 Å². The van der Waals surface area contributed by atoms with Crippen molar-refractivity contribution in [1.82, 2.24) is 5.48 Å². The summed E-state index contributed by atoms with van der Waals surface area (Å²) in [6, 6.07) is 0. The van der Waals surface area contributed by atoms with Crippen LogP contribution in [-0.4, -0.2) is 81.4 Å². The van der Waals surface area contributed by atoms with Crippen molar-refractivity contribution in [2.45, 2.75) is 179 Å². The van der Waals surface area contributed by atoms with Crippen LogP contribution in [0.3, 0.4) is 0 Å². The number of unbranched alkanes of at least 4 members (excludes halogenated alkanes) is 15. The highest BCUT2D eigenvalue weighted by Gasteiger charge is 2.47. The molecule has 45 heavy (non-hydrogen) atoms. The molecule has 2 rings (SSSR count). The number of rotatable bonds is 25. The van der Waals surface area contributed by atoms with E-state index in [4.69, 9.17) is 23.7 Å². The number of aliphatic hydroxyl groups is 3. The summed E-state index contributed by atoms with van der Waals surface area (Å²) < 4.78 is 35.3. The van der Waals surface area contributed by atoms with Gasteiger partial charge in [0.2, 0.25) is 5.91 Å². The van der Waals surface area contributed by atoms with Gasteiger partial charge in [-0.25, -0.2) is 10.0 Å². The lowest BCUT2D eigenvalue weighted by molar-refractivity contribution is -0.305. The van der Waals surface area contributed by atoms with E-state index in [-0.39, 0.29) is 6.61 Å². The van der Waals surface area contributed by atoms with Crippen LogP contribution in [0.4, 0.5) is 0 Å². The molecular formula is C32H62NO11P. The van der Waals surface area contributed by atoms with E-state index < -0.39 is 69.5 Å². The topological polar surface area (TPSA) is 184 Å². The van der Waals surface area contributed by atoms with Crippen molar-refractivity contribution < 1.29 is 53.3 Å². The van der Waals surface area contributed by atoms with E-state index in [1.54, 1.807) is 0 Å². The first-order chi connectivity index (χ1) is 21.7. The lowest BCUT2D eigenvalue weighted by Gasteiger charge is -2.44. The van der Waals surface area contributed by atoms with Gasteiger partial charge >= 0.3 is 7.82 Å². The van der Waals surface area contributed by atoms with Gasteiger partial charge in [0.15, 0.2) is 6.29 Å². The first-order valence-corrected chi connectivity index (χ1v) is 19.1. The molecule has 0 aromatic carbocycles. The summed E-state index contributed by atoms with van der Waals surface area (Å²) in [6.45, 7) is 1.76. The Labute approximate surface area is 270 Å². The molecule has 0 bridgehead atoms. The zero-order valence-corrected chi connectivity index (χ0v) is 28.3. The van der Waals surface area contributed by atoms with E-state index >= 15 is 0 Å². The number of ether oxygens (including phenoxy) is 2. The number of nitrogens with one attached hydrogen (secondary N) is 1. The smallest absolute Gasteiger partial charge is 0.394 e. The monoisotopic (exact) mass is 667 g/mol. The van der Waals surface area contributed by atoms with Crippen molar-refractivity contribution in [2.75, 3.05) is 13.2 Å². The molecular weight excluding hydrogens is 605 g/mol. The maximum atomic E-state index is 12.8. The van der Waals surface area contributed by atoms with Crippen LogP contribution in [0.15, 0.2) is 0 Å². The van der Waals surface area contributed by atoms with Gasteiger partial charge in [0.1, 0.15) is 12.2 Å². The third-order valence-corrected chi connectivity index (χ3v) is 10.1. The van der Waals surface area contributed by atoms with Gasteiger partial charge in [-0.3, -0.25) is 19.0 Å². The van der Waals surface area contributed by atoms with Gasteiger partial charge in [0.25, 0.3) is 0 Å². The minimum absolute atomic E-state index is 0.108. The number of phosphoric ester groups is 1. The molecule has 6 N–H and O–H groups in total. The molecule has 8 atom stereocenters. The average Bonchev–Trinajstić information content (AvgIpc) is 3.02. The van der Waals surface area contributed by atoms with E-state index in [0.29, 0.717) is 19.3 Å². The Morgan fingerprint density at radius 2 is 1.33 bits per heavy atom. The van der Waals surface area contributed by atoms with Crippen molar-refractivity contribution in [2.24, 2.45) is 5.92 Å². The van der Waals surface area contributed by atoms with E-state index in [0.717, 1.165) is 32.1 Å². The van der Waals surface area contributed by atoms with Gasteiger partial charge in [-0.2, -0.15) is 0 Å². The molecule has 1 aliphatic carbocycles. The van der Waals surface area contributed by atoms with Crippen molar-refractivity contribution in [3.05, 3.63) is 0 Å². The largest absolute Gasteiger partial charge is 0.472 e. The van der Waals surface area contributed by atoms with Crippen molar-refractivity contribution >= 4 is 13.7 Å². The fraction of sp³-hybridized carbons (Fsp3) is 0.969. The van der Waals surface area contributed by atoms with Crippen LogP contribution in [0.5, 0.6) is 0 Å². The molecule has 1 amide bonds. The minimum atomic E-state index is -4.37. The number of hydrogen-bond donors (Lipinski definition) is 6. The van der Waals surface area contributed by atoms with E-state index in [2.05, 4.69) is 6.92 Å².